The predicted molar refractivity (Wildman–Crippen MR) is 74.7 cm³/mol. The molecule has 116 valence electrons. The largest absolute Gasteiger partial charge is 0.480 e. The summed E-state index contributed by atoms with van der Waals surface area (Å²) in [5.74, 6) is -0.953. The minimum absolute atomic E-state index is 0.0433. The van der Waals surface area contributed by atoms with E-state index in [0.717, 1.165) is 19.5 Å². The quantitative estimate of drug-likeness (QED) is 0.557. The Kier molecular flexibility index (Phi) is 7.98. The smallest absolute Gasteiger partial charge is 0.329 e. The lowest BCUT2D eigenvalue weighted by molar-refractivity contribution is -0.145. The number of carbonyl (C=O) groups is 2. The number of amides is 2. The van der Waals surface area contributed by atoms with Crippen molar-refractivity contribution in [3.63, 3.8) is 0 Å². The summed E-state index contributed by atoms with van der Waals surface area (Å²) in [6.07, 6.45) is 2.25. The topological polar surface area (TPSA) is 90.9 Å². The standard InChI is InChI=1S/C13H25N3O4/c1-2-14-6-3-7-15-13(19)16-8-4-11(5-9-16)20-10-12(17)18/h11,14H,2-10H2,1H3,(H,15,19)(H,17,18). The van der Waals surface area contributed by atoms with E-state index < -0.39 is 5.97 Å². The first kappa shape index (κ1) is 16.7. The molecule has 1 fully saturated rings. The fourth-order valence-corrected chi connectivity index (χ4v) is 2.11. The molecule has 0 atom stereocenters. The van der Waals surface area contributed by atoms with Gasteiger partial charge < -0.3 is 25.4 Å². The van der Waals surface area contributed by atoms with Crippen molar-refractivity contribution in [2.45, 2.75) is 32.3 Å². The predicted octanol–water partition coefficient (Wildman–Crippen LogP) is 0.261. The van der Waals surface area contributed by atoms with Crippen molar-refractivity contribution >= 4 is 12.0 Å². The number of piperidine rings is 1. The summed E-state index contributed by atoms with van der Waals surface area (Å²) in [4.78, 5) is 24.0. The molecule has 0 spiro atoms. The second kappa shape index (κ2) is 9.55. The van der Waals surface area contributed by atoms with E-state index in [1.165, 1.54) is 0 Å². The fraction of sp³-hybridized carbons (Fsp3) is 0.846. The van der Waals surface area contributed by atoms with Crippen LogP contribution in [0.1, 0.15) is 26.2 Å². The number of ether oxygens (including phenoxy) is 1. The van der Waals surface area contributed by atoms with Gasteiger partial charge in [0, 0.05) is 19.6 Å². The van der Waals surface area contributed by atoms with E-state index in [1.807, 2.05) is 0 Å². The van der Waals surface area contributed by atoms with Crippen molar-refractivity contribution in [3.05, 3.63) is 0 Å². The Morgan fingerprint density at radius 3 is 2.60 bits per heavy atom. The molecule has 3 N–H and O–H groups in total. The van der Waals surface area contributed by atoms with Crippen LogP contribution in [0.4, 0.5) is 4.79 Å². The van der Waals surface area contributed by atoms with Crippen molar-refractivity contribution in [1.29, 1.82) is 0 Å². The van der Waals surface area contributed by atoms with E-state index in [2.05, 4.69) is 17.6 Å². The van der Waals surface area contributed by atoms with Crippen molar-refractivity contribution < 1.29 is 19.4 Å². The maximum absolute atomic E-state index is 11.9. The normalized spacial score (nSPS) is 16.1. The first-order chi connectivity index (χ1) is 9.63. The van der Waals surface area contributed by atoms with Gasteiger partial charge in [0.25, 0.3) is 0 Å². The Morgan fingerprint density at radius 1 is 1.30 bits per heavy atom. The summed E-state index contributed by atoms with van der Waals surface area (Å²) in [6.45, 7) is 5.53. The van der Waals surface area contributed by atoms with Crippen LogP contribution in [-0.2, 0) is 9.53 Å². The van der Waals surface area contributed by atoms with Crippen LogP contribution in [0.5, 0.6) is 0 Å². The Balaban J connectivity index is 2.11. The zero-order valence-electron chi connectivity index (χ0n) is 12.1. The first-order valence-corrected chi connectivity index (χ1v) is 7.20. The molecule has 0 radical (unpaired) electrons. The van der Waals surface area contributed by atoms with Crippen LogP contribution in [-0.4, -0.2) is 67.4 Å². The first-order valence-electron chi connectivity index (χ1n) is 7.20. The molecule has 0 saturated carbocycles. The molecule has 20 heavy (non-hydrogen) atoms. The van der Waals surface area contributed by atoms with E-state index in [4.69, 9.17) is 9.84 Å². The SMILES string of the molecule is CCNCCCNC(=O)N1CCC(OCC(=O)O)CC1. The van der Waals surface area contributed by atoms with E-state index in [0.29, 0.717) is 32.5 Å². The third-order valence-electron chi connectivity index (χ3n) is 3.23. The summed E-state index contributed by atoms with van der Waals surface area (Å²) in [5.41, 5.74) is 0. The molecule has 7 heteroatoms. The summed E-state index contributed by atoms with van der Waals surface area (Å²) < 4.78 is 5.23. The van der Waals surface area contributed by atoms with Crippen LogP contribution in [0.15, 0.2) is 0 Å². The van der Waals surface area contributed by atoms with Crippen LogP contribution in [0, 0.1) is 0 Å². The molecule has 1 saturated heterocycles. The molecule has 0 aromatic heterocycles. The third-order valence-corrected chi connectivity index (χ3v) is 3.23. The monoisotopic (exact) mass is 287 g/mol. The Labute approximate surface area is 119 Å². The molecule has 0 aliphatic carbocycles. The molecule has 7 nitrogen and oxygen atoms in total. The van der Waals surface area contributed by atoms with Gasteiger partial charge in [0.2, 0.25) is 0 Å². The number of aliphatic carboxylic acids is 1. The maximum Gasteiger partial charge on any atom is 0.329 e. The van der Waals surface area contributed by atoms with Crippen LogP contribution < -0.4 is 10.6 Å². The van der Waals surface area contributed by atoms with Gasteiger partial charge in [-0.05, 0) is 32.4 Å². The van der Waals surface area contributed by atoms with Crippen LogP contribution in [0.2, 0.25) is 0 Å². The number of carboxylic acid groups (broad SMARTS) is 1. The third kappa shape index (κ3) is 6.72. The Bertz CT molecular complexity index is 304. The van der Waals surface area contributed by atoms with Crippen LogP contribution in [0.25, 0.3) is 0 Å². The highest BCUT2D eigenvalue weighted by molar-refractivity contribution is 5.74. The van der Waals surface area contributed by atoms with Gasteiger partial charge in [0.05, 0.1) is 6.10 Å². The average Bonchev–Trinajstić information content (AvgIpc) is 2.45. The highest BCUT2D eigenvalue weighted by Gasteiger charge is 2.23. The van der Waals surface area contributed by atoms with Crippen LogP contribution in [0.3, 0.4) is 0 Å². The van der Waals surface area contributed by atoms with E-state index in [9.17, 15) is 9.59 Å². The molecule has 0 bridgehead atoms. The molecule has 1 aliphatic heterocycles. The number of rotatable bonds is 8. The molecule has 1 heterocycles. The summed E-state index contributed by atoms with van der Waals surface area (Å²) in [7, 11) is 0. The summed E-state index contributed by atoms with van der Waals surface area (Å²) in [5, 5.41) is 14.6. The van der Waals surface area contributed by atoms with Gasteiger partial charge in [-0.25, -0.2) is 9.59 Å². The lowest BCUT2D eigenvalue weighted by Crippen LogP contribution is -2.46. The van der Waals surface area contributed by atoms with E-state index in [-0.39, 0.29) is 18.7 Å². The van der Waals surface area contributed by atoms with Gasteiger partial charge in [-0.1, -0.05) is 6.92 Å². The molecule has 0 aromatic rings. The fourth-order valence-electron chi connectivity index (χ4n) is 2.11. The average molecular weight is 287 g/mol. The molecule has 1 rings (SSSR count). The van der Waals surface area contributed by atoms with Gasteiger partial charge in [0.1, 0.15) is 6.61 Å². The van der Waals surface area contributed by atoms with Crippen molar-refractivity contribution in [1.82, 2.24) is 15.5 Å². The lowest BCUT2D eigenvalue weighted by atomic mass is 10.1. The Morgan fingerprint density at radius 2 is 2.00 bits per heavy atom. The minimum Gasteiger partial charge on any atom is -0.480 e. The highest BCUT2D eigenvalue weighted by atomic mass is 16.5. The van der Waals surface area contributed by atoms with E-state index >= 15 is 0 Å². The van der Waals surface area contributed by atoms with Crippen LogP contribution >= 0.6 is 0 Å². The lowest BCUT2D eigenvalue weighted by Gasteiger charge is -2.31. The van der Waals surface area contributed by atoms with Gasteiger partial charge >= 0.3 is 12.0 Å². The molecular weight excluding hydrogens is 262 g/mol. The number of carbonyl (C=O) groups excluding carboxylic acids is 1. The maximum atomic E-state index is 11.9. The second-order valence-electron chi connectivity index (χ2n) is 4.83. The molecule has 0 aromatic carbocycles. The van der Waals surface area contributed by atoms with Crippen molar-refractivity contribution in [3.8, 4) is 0 Å². The molecule has 0 unspecified atom stereocenters. The molecule has 1 aliphatic rings. The summed E-state index contributed by atoms with van der Waals surface area (Å²) in [6, 6.07) is -0.0433. The van der Waals surface area contributed by atoms with E-state index in [1.54, 1.807) is 4.90 Å². The highest BCUT2D eigenvalue weighted by Crippen LogP contribution is 2.13. The van der Waals surface area contributed by atoms with Gasteiger partial charge in [-0.2, -0.15) is 0 Å². The number of hydrogen-bond acceptors (Lipinski definition) is 4. The number of hydrogen-bond donors (Lipinski definition) is 3. The molecular formula is C13H25N3O4. The molecule has 2 amide bonds. The van der Waals surface area contributed by atoms with Gasteiger partial charge in [0.15, 0.2) is 0 Å². The summed E-state index contributed by atoms with van der Waals surface area (Å²) >= 11 is 0. The number of nitrogens with zero attached hydrogens (tertiary/aromatic N) is 1. The number of urea groups is 1. The second-order valence-corrected chi connectivity index (χ2v) is 4.83. The van der Waals surface area contributed by atoms with Gasteiger partial charge in [-0.15, -0.1) is 0 Å². The minimum atomic E-state index is -0.953. The zero-order chi connectivity index (χ0) is 14.8. The Hall–Kier alpha value is -1.34. The number of likely N-dealkylation sites (tertiary alicyclic amines) is 1. The van der Waals surface area contributed by atoms with Crippen molar-refractivity contribution in [2.75, 3.05) is 39.3 Å². The number of carboxylic acids is 1. The van der Waals surface area contributed by atoms with Gasteiger partial charge in [-0.3, -0.25) is 0 Å². The zero-order valence-corrected chi connectivity index (χ0v) is 12.1. The van der Waals surface area contributed by atoms with Crippen molar-refractivity contribution in [2.24, 2.45) is 0 Å². The number of nitrogens with one attached hydrogen (secondary N) is 2.